The lowest BCUT2D eigenvalue weighted by Gasteiger charge is -2.00. The average Bonchev–Trinajstić information content (AvgIpc) is 2.55. The maximum Gasteiger partial charge on any atom is 0.325 e. The van der Waals surface area contributed by atoms with E-state index in [-0.39, 0.29) is 11.5 Å². The fraction of sp³-hybridized carbons (Fsp3) is 0.0588. The molecule has 0 unspecified atom stereocenters. The van der Waals surface area contributed by atoms with Crippen molar-refractivity contribution >= 4 is 22.5 Å². The summed E-state index contributed by atoms with van der Waals surface area (Å²) in [6.07, 6.45) is 1.80. The molecule has 0 bridgehead atoms. The molecule has 0 saturated carbocycles. The van der Waals surface area contributed by atoms with E-state index in [9.17, 15) is 14.3 Å². The SMILES string of the molecule is C[N+](=Cc1ccccc1)/C(C#N)=C(\O)c1ccccc1.O=S(=O)([O-])F. The third kappa shape index (κ3) is 7.87. The molecule has 0 aliphatic carbocycles. The van der Waals surface area contributed by atoms with Crippen LogP contribution in [0.3, 0.4) is 0 Å². The van der Waals surface area contributed by atoms with Gasteiger partial charge >= 0.3 is 5.70 Å². The first-order valence-electron chi connectivity index (χ1n) is 6.89. The van der Waals surface area contributed by atoms with Crippen LogP contribution in [-0.4, -0.2) is 35.9 Å². The molecule has 0 atom stereocenters. The fourth-order valence-electron chi connectivity index (χ4n) is 1.86. The van der Waals surface area contributed by atoms with E-state index in [4.69, 9.17) is 13.0 Å². The third-order valence-electron chi connectivity index (χ3n) is 2.87. The zero-order valence-electron chi connectivity index (χ0n) is 13.2. The number of aliphatic hydroxyl groups excluding tert-OH is 1. The maximum atomic E-state index is 10.2. The van der Waals surface area contributed by atoms with E-state index >= 15 is 0 Å². The number of nitrogens with zero attached hydrogens (tertiary/aromatic N) is 2. The summed E-state index contributed by atoms with van der Waals surface area (Å²) < 4.78 is 37.0. The van der Waals surface area contributed by atoms with Gasteiger partial charge in [0.05, 0.1) is 0 Å². The minimum absolute atomic E-state index is 0.0252. The van der Waals surface area contributed by atoms with Crippen LogP contribution in [0.15, 0.2) is 66.4 Å². The Hall–Kier alpha value is -3.02. The predicted molar refractivity (Wildman–Crippen MR) is 90.2 cm³/mol. The van der Waals surface area contributed by atoms with E-state index in [1.54, 1.807) is 30.0 Å². The standard InChI is InChI=1S/C17H14N2O.FHO3S/c1-19(13-14-8-4-2-5-9-14)16(12-18)17(20)15-10-6-3-7-11-15;1-5(2,3)4/h2-11,13H,1H3;(H,2,3,4)/b17-16-,19-13?;. The lowest BCUT2D eigenvalue weighted by molar-refractivity contribution is -0.431. The summed E-state index contributed by atoms with van der Waals surface area (Å²) in [6.45, 7) is 0. The molecule has 2 aromatic carbocycles. The number of hydrogen-bond acceptors (Lipinski definition) is 5. The van der Waals surface area contributed by atoms with Crippen molar-refractivity contribution in [3.63, 3.8) is 0 Å². The monoisotopic (exact) mass is 362 g/mol. The van der Waals surface area contributed by atoms with Gasteiger partial charge in [0.15, 0.2) is 12.3 Å². The lowest BCUT2D eigenvalue weighted by Crippen LogP contribution is -2.09. The second-order valence-corrected chi connectivity index (χ2v) is 5.51. The molecule has 2 rings (SSSR count). The molecule has 0 spiro atoms. The second kappa shape index (κ2) is 9.32. The van der Waals surface area contributed by atoms with Crippen molar-refractivity contribution in [3.05, 3.63) is 77.5 Å². The van der Waals surface area contributed by atoms with Gasteiger partial charge in [0.25, 0.3) is 10.5 Å². The molecule has 0 fully saturated rings. The van der Waals surface area contributed by atoms with Crippen LogP contribution in [0, 0.1) is 11.3 Å². The quantitative estimate of drug-likeness (QED) is 0.226. The Balaban J connectivity index is 0.000000550. The van der Waals surface area contributed by atoms with Crippen molar-refractivity contribution in [2.45, 2.75) is 0 Å². The number of hydrogen-bond donors (Lipinski definition) is 1. The fourth-order valence-corrected chi connectivity index (χ4v) is 1.86. The number of benzene rings is 2. The minimum Gasteiger partial charge on any atom is -0.722 e. The van der Waals surface area contributed by atoms with Crippen molar-refractivity contribution in [1.29, 1.82) is 5.26 Å². The van der Waals surface area contributed by atoms with Crippen LogP contribution in [0.5, 0.6) is 0 Å². The maximum absolute atomic E-state index is 10.2. The van der Waals surface area contributed by atoms with Crippen molar-refractivity contribution < 1.29 is 26.5 Å². The van der Waals surface area contributed by atoms with Gasteiger partial charge in [0.2, 0.25) is 5.76 Å². The number of nitriles is 1. The van der Waals surface area contributed by atoms with E-state index in [1.807, 2.05) is 54.6 Å². The molecule has 6 nitrogen and oxygen atoms in total. The Morgan fingerprint density at radius 1 is 1.16 bits per heavy atom. The first kappa shape index (κ1) is 20.0. The molecule has 0 heterocycles. The van der Waals surface area contributed by atoms with Crippen molar-refractivity contribution in [3.8, 4) is 6.07 Å². The van der Waals surface area contributed by atoms with Crippen LogP contribution in [-0.2, 0) is 10.5 Å². The van der Waals surface area contributed by atoms with Gasteiger partial charge < -0.3 is 9.66 Å². The van der Waals surface area contributed by atoms with E-state index in [2.05, 4.69) is 0 Å². The van der Waals surface area contributed by atoms with E-state index < -0.39 is 10.5 Å². The van der Waals surface area contributed by atoms with Crippen molar-refractivity contribution in [1.82, 2.24) is 0 Å². The average molecular weight is 362 g/mol. The Labute approximate surface area is 145 Å². The number of rotatable bonds is 3. The molecular weight excluding hydrogens is 347 g/mol. The van der Waals surface area contributed by atoms with Gasteiger partial charge in [-0.1, -0.05) is 48.5 Å². The lowest BCUT2D eigenvalue weighted by atomic mass is 10.1. The summed E-state index contributed by atoms with van der Waals surface area (Å²) >= 11 is 0. The Kier molecular flexibility index (Phi) is 7.46. The van der Waals surface area contributed by atoms with Gasteiger partial charge in [-0.05, 0) is 12.1 Å². The van der Waals surface area contributed by atoms with Crippen molar-refractivity contribution in [2.24, 2.45) is 0 Å². The molecule has 8 heteroatoms. The Morgan fingerprint density at radius 2 is 1.60 bits per heavy atom. The zero-order valence-corrected chi connectivity index (χ0v) is 14.0. The number of aliphatic hydroxyl groups is 1. The van der Waals surface area contributed by atoms with Crippen LogP contribution in [0.2, 0.25) is 0 Å². The Bertz CT molecular complexity index is 895. The normalized spacial score (nSPS) is 12.3. The van der Waals surface area contributed by atoms with Crippen LogP contribution >= 0.6 is 0 Å². The predicted octanol–water partition coefficient (Wildman–Crippen LogP) is 2.61. The van der Waals surface area contributed by atoms with E-state index in [0.717, 1.165) is 5.56 Å². The number of halogens is 1. The molecule has 130 valence electrons. The molecule has 0 aliphatic heterocycles. The third-order valence-corrected chi connectivity index (χ3v) is 2.87. The van der Waals surface area contributed by atoms with Crippen molar-refractivity contribution in [2.75, 3.05) is 7.05 Å². The Morgan fingerprint density at radius 3 is 2.04 bits per heavy atom. The highest BCUT2D eigenvalue weighted by molar-refractivity contribution is 7.80. The van der Waals surface area contributed by atoms with E-state index in [1.165, 1.54) is 0 Å². The molecule has 0 radical (unpaired) electrons. The molecular formula is C17H15FN2O4S. The van der Waals surface area contributed by atoms with Crippen LogP contribution in [0.25, 0.3) is 5.76 Å². The molecule has 0 aromatic heterocycles. The van der Waals surface area contributed by atoms with E-state index in [0.29, 0.717) is 5.56 Å². The van der Waals surface area contributed by atoms with Crippen LogP contribution in [0.1, 0.15) is 11.1 Å². The van der Waals surface area contributed by atoms with Crippen LogP contribution in [0.4, 0.5) is 3.89 Å². The summed E-state index contributed by atoms with van der Waals surface area (Å²) in [5.74, 6) is -0.0252. The van der Waals surface area contributed by atoms with Gasteiger partial charge in [-0.2, -0.15) is 9.84 Å². The molecule has 2 aromatic rings. The zero-order chi connectivity index (χ0) is 18.9. The highest BCUT2D eigenvalue weighted by Gasteiger charge is 2.16. The highest BCUT2D eigenvalue weighted by Crippen LogP contribution is 2.15. The van der Waals surface area contributed by atoms with Gasteiger partial charge in [0, 0.05) is 11.1 Å². The minimum atomic E-state index is -5.42. The first-order chi connectivity index (χ1) is 11.7. The molecule has 0 saturated heterocycles. The summed E-state index contributed by atoms with van der Waals surface area (Å²) in [5, 5.41) is 19.5. The summed E-state index contributed by atoms with van der Waals surface area (Å²) in [4.78, 5) is 0. The summed E-state index contributed by atoms with van der Waals surface area (Å²) in [7, 11) is -3.68. The smallest absolute Gasteiger partial charge is 0.325 e. The number of allylic oxidation sites excluding steroid dienone is 1. The summed E-state index contributed by atoms with van der Waals surface area (Å²) in [5.41, 5.74) is 1.79. The van der Waals surface area contributed by atoms with Gasteiger partial charge in [-0.15, -0.1) is 3.89 Å². The molecule has 0 aliphatic rings. The second-order valence-electron chi connectivity index (χ2n) is 4.72. The van der Waals surface area contributed by atoms with Gasteiger partial charge in [0.1, 0.15) is 7.05 Å². The van der Waals surface area contributed by atoms with Gasteiger partial charge in [-0.3, -0.25) is 0 Å². The molecule has 1 N–H and O–H groups in total. The first-order valence-corrected chi connectivity index (χ1v) is 8.20. The van der Waals surface area contributed by atoms with Gasteiger partial charge in [-0.25, -0.2) is 8.42 Å². The molecule has 0 amide bonds. The topological polar surface area (TPSA) is 104 Å². The highest BCUT2D eigenvalue weighted by atomic mass is 32.3. The molecule has 25 heavy (non-hydrogen) atoms. The summed E-state index contributed by atoms with van der Waals surface area (Å²) in [6, 6.07) is 20.7. The largest absolute Gasteiger partial charge is 0.722 e. The van der Waals surface area contributed by atoms with Crippen LogP contribution < -0.4 is 0 Å².